The van der Waals surface area contributed by atoms with Gasteiger partial charge in [-0.25, -0.2) is 4.99 Å². The van der Waals surface area contributed by atoms with E-state index in [1.165, 1.54) is 38.5 Å². The van der Waals surface area contributed by atoms with E-state index in [2.05, 4.69) is 30.8 Å². The molecule has 0 fully saturated rings. The summed E-state index contributed by atoms with van der Waals surface area (Å²) in [5.41, 5.74) is 7.62. The van der Waals surface area contributed by atoms with Crippen LogP contribution in [0.3, 0.4) is 0 Å². The van der Waals surface area contributed by atoms with Gasteiger partial charge in [0.05, 0.1) is 25.1 Å². The average Bonchev–Trinajstić information content (AvgIpc) is 2.92. The molecule has 0 aliphatic carbocycles. The van der Waals surface area contributed by atoms with E-state index in [9.17, 15) is 5.11 Å². The minimum atomic E-state index is 0.114. The Kier molecular flexibility index (Phi) is 15.2. The number of phenolic OH excluding ortho intramolecular Hbond substituents is 1. The Bertz CT molecular complexity index is 694. The molecule has 1 unspecified atom stereocenters. The van der Waals surface area contributed by atoms with Gasteiger partial charge in [0, 0.05) is 11.6 Å². The zero-order chi connectivity index (χ0) is 22.9. The van der Waals surface area contributed by atoms with Crippen LogP contribution in [-0.4, -0.2) is 30.2 Å². The molecule has 0 saturated heterocycles. The molecule has 1 aromatic rings. The molecule has 0 amide bonds. The Morgan fingerprint density at radius 3 is 2.43 bits per heavy atom. The van der Waals surface area contributed by atoms with E-state index >= 15 is 0 Å². The number of ether oxygens (including phenoxy) is 1. The van der Waals surface area contributed by atoms with Gasteiger partial charge in [0.1, 0.15) is 17.3 Å². The highest BCUT2D eigenvalue weighted by Gasteiger charge is 2.14. The van der Waals surface area contributed by atoms with Crippen molar-refractivity contribution in [2.75, 3.05) is 13.7 Å². The highest BCUT2D eigenvalue weighted by molar-refractivity contribution is 6.48. The first-order chi connectivity index (χ1) is 14.4. The summed E-state index contributed by atoms with van der Waals surface area (Å²) in [6.45, 7) is 13.2. The summed E-state index contributed by atoms with van der Waals surface area (Å²) in [5, 5.41) is 9.99. The van der Waals surface area contributed by atoms with Crippen molar-refractivity contribution >= 4 is 11.4 Å². The third-order valence-electron chi connectivity index (χ3n) is 4.90. The molecule has 2 rings (SSSR count). The van der Waals surface area contributed by atoms with Gasteiger partial charge in [-0.3, -0.25) is 4.99 Å². The molecule has 0 radical (unpaired) electrons. The van der Waals surface area contributed by atoms with Crippen molar-refractivity contribution in [2.24, 2.45) is 21.6 Å². The Labute approximate surface area is 184 Å². The molecule has 1 aliphatic heterocycles. The number of benzene rings is 1. The van der Waals surface area contributed by atoms with Crippen LogP contribution in [-0.2, 0) is 0 Å². The van der Waals surface area contributed by atoms with Crippen molar-refractivity contribution in [1.82, 2.24) is 0 Å². The standard InChI is InChI=1S/C13H15N3O2.C10H22.C2H6/c1-8-13(15-6-5-12(14)16-8)10-4-3-9(18-2)7-11(10)17;1-4-6-7-8-9-10(3)5-2;1-2/h3-5,7,17H,6,14H2,1-2H3;10H,4-9H2,1-3H3;1-2H3. The summed E-state index contributed by atoms with van der Waals surface area (Å²) in [5.74, 6) is 2.11. The second kappa shape index (κ2) is 16.5. The van der Waals surface area contributed by atoms with Crippen LogP contribution in [0, 0.1) is 5.92 Å². The molecule has 1 aromatic carbocycles. The van der Waals surface area contributed by atoms with Crippen LogP contribution in [0.25, 0.3) is 0 Å². The predicted octanol–water partition coefficient (Wildman–Crippen LogP) is 6.49. The monoisotopic (exact) mass is 417 g/mol. The van der Waals surface area contributed by atoms with Crippen LogP contribution in [0.4, 0.5) is 0 Å². The van der Waals surface area contributed by atoms with Gasteiger partial charge >= 0.3 is 0 Å². The molecule has 3 N–H and O–H groups in total. The largest absolute Gasteiger partial charge is 0.507 e. The van der Waals surface area contributed by atoms with Gasteiger partial charge in [-0.2, -0.15) is 0 Å². The quantitative estimate of drug-likeness (QED) is 0.474. The van der Waals surface area contributed by atoms with Crippen molar-refractivity contribution in [3.05, 3.63) is 35.7 Å². The van der Waals surface area contributed by atoms with Crippen LogP contribution >= 0.6 is 0 Å². The molecule has 30 heavy (non-hydrogen) atoms. The smallest absolute Gasteiger partial charge is 0.128 e. The Morgan fingerprint density at radius 2 is 1.87 bits per heavy atom. The lowest BCUT2D eigenvalue weighted by molar-refractivity contribution is 0.407. The van der Waals surface area contributed by atoms with Gasteiger partial charge < -0.3 is 15.6 Å². The van der Waals surface area contributed by atoms with E-state index in [4.69, 9.17) is 10.5 Å². The lowest BCUT2D eigenvalue weighted by Crippen LogP contribution is -2.13. The van der Waals surface area contributed by atoms with Crippen LogP contribution in [0.1, 0.15) is 85.6 Å². The first-order valence-electron chi connectivity index (χ1n) is 11.4. The minimum Gasteiger partial charge on any atom is -0.507 e. The van der Waals surface area contributed by atoms with Crippen molar-refractivity contribution in [1.29, 1.82) is 0 Å². The summed E-state index contributed by atoms with van der Waals surface area (Å²) in [7, 11) is 1.55. The maximum Gasteiger partial charge on any atom is 0.128 e. The SMILES string of the molecule is CC.CCCCCCC(C)CC.COc1ccc(C2=NCC=C(N)N=C2C)c(O)c1. The molecule has 5 heteroatoms. The number of nitrogens with zero attached hydrogens (tertiary/aromatic N) is 2. The molecule has 0 bridgehead atoms. The van der Waals surface area contributed by atoms with Crippen LogP contribution in [0.15, 0.2) is 40.1 Å². The van der Waals surface area contributed by atoms with Gasteiger partial charge in [-0.1, -0.05) is 73.1 Å². The number of hydrogen-bond acceptors (Lipinski definition) is 5. The summed E-state index contributed by atoms with van der Waals surface area (Å²) in [6.07, 6.45) is 10.2. The second-order valence-electron chi connectivity index (χ2n) is 7.26. The number of hydrogen-bond donors (Lipinski definition) is 2. The lowest BCUT2D eigenvalue weighted by atomic mass is 10.0. The van der Waals surface area contributed by atoms with Crippen molar-refractivity contribution in [2.45, 2.75) is 80.1 Å². The summed E-state index contributed by atoms with van der Waals surface area (Å²) in [6, 6.07) is 5.08. The number of methoxy groups -OCH3 is 1. The van der Waals surface area contributed by atoms with Crippen molar-refractivity contribution < 1.29 is 9.84 Å². The molecule has 1 atom stereocenters. The van der Waals surface area contributed by atoms with Gasteiger partial charge in [-0.15, -0.1) is 0 Å². The van der Waals surface area contributed by atoms with E-state index in [-0.39, 0.29) is 5.75 Å². The number of phenols is 1. The molecule has 0 spiro atoms. The van der Waals surface area contributed by atoms with E-state index in [0.717, 1.165) is 5.92 Å². The molecule has 0 saturated carbocycles. The second-order valence-corrected chi connectivity index (χ2v) is 7.26. The number of aromatic hydroxyl groups is 1. The zero-order valence-corrected chi connectivity index (χ0v) is 20.2. The van der Waals surface area contributed by atoms with E-state index in [1.54, 1.807) is 31.4 Å². The molecular formula is C25H43N3O2. The topological polar surface area (TPSA) is 80.2 Å². The fourth-order valence-corrected chi connectivity index (χ4v) is 2.88. The number of unbranched alkanes of at least 4 members (excludes halogenated alkanes) is 3. The van der Waals surface area contributed by atoms with Crippen LogP contribution in [0.2, 0.25) is 0 Å². The third kappa shape index (κ3) is 10.5. The molecule has 170 valence electrons. The first kappa shape index (κ1) is 27.7. The number of aliphatic imine (C=N–C) groups is 2. The number of nitrogens with two attached hydrogens (primary N) is 1. The minimum absolute atomic E-state index is 0.114. The Morgan fingerprint density at radius 1 is 1.17 bits per heavy atom. The maximum absolute atomic E-state index is 9.99. The summed E-state index contributed by atoms with van der Waals surface area (Å²) < 4.78 is 5.05. The first-order valence-corrected chi connectivity index (χ1v) is 11.4. The molecule has 1 aliphatic rings. The van der Waals surface area contributed by atoms with Gasteiger partial charge in [0.15, 0.2) is 0 Å². The molecular weight excluding hydrogens is 374 g/mol. The van der Waals surface area contributed by atoms with Gasteiger partial charge in [0.25, 0.3) is 0 Å². The van der Waals surface area contributed by atoms with E-state index in [0.29, 0.717) is 35.1 Å². The van der Waals surface area contributed by atoms with Crippen molar-refractivity contribution in [3.63, 3.8) is 0 Å². The molecule has 1 heterocycles. The van der Waals surface area contributed by atoms with E-state index < -0.39 is 0 Å². The molecule has 0 aromatic heterocycles. The maximum atomic E-state index is 9.99. The zero-order valence-electron chi connectivity index (χ0n) is 20.2. The normalized spacial score (nSPS) is 13.9. The highest BCUT2D eigenvalue weighted by atomic mass is 16.5. The van der Waals surface area contributed by atoms with Gasteiger partial charge in [-0.05, 0) is 31.1 Å². The predicted molar refractivity (Wildman–Crippen MR) is 131 cm³/mol. The third-order valence-corrected chi connectivity index (χ3v) is 4.90. The van der Waals surface area contributed by atoms with Crippen LogP contribution in [0.5, 0.6) is 11.5 Å². The summed E-state index contributed by atoms with van der Waals surface area (Å²) in [4.78, 5) is 8.57. The molecule has 5 nitrogen and oxygen atoms in total. The van der Waals surface area contributed by atoms with Crippen LogP contribution < -0.4 is 10.5 Å². The van der Waals surface area contributed by atoms with Gasteiger partial charge in [0.2, 0.25) is 0 Å². The van der Waals surface area contributed by atoms with E-state index in [1.807, 2.05) is 20.8 Å². The van der Waals surface area contributed by atoms with Crippen molar-refractivity contribution in [3.8, 4) is 11.5 Å². The fraction of sp³-hybridized carbons (Fsp3) is 0.600. The number of rotatable bonds is 8. The lowest BCUT2D eigenvalue weighted by Gasteiger charge is -2.09. The fourth-order valence-electron chi connectivity index (χ4n) is 2.88. The Balaban J connectivity index is 0.000000600. The summed E-state index contributed by atoms with van der Waals surface area (Å²) >= 11 is 0. The highest BCUT2D eigenvalue weighted by Crippen LogP contribution is 2.25. The average molecular weight is 418 g/mol. The Hall–Kier alpha value is -2.30.